The Morgan fingerprint density at radius 2 is 2.00 bits per heavy atom. The van der Waals surface area contributed by atoms with Gasteiger partial charge in [0, 0.05) is 7.11 Å². The van der Waals surface area contributed by atoms with Gasteiger partial charge in [-0.25, -0.2) is 0 Å². The molecule has 0 aliphatic rings. The lowest BCUT2D eigenvalue weighted by atomic mass is 10.1. The highest BCUT2D eigenvalue weighted by Crippen LogP contribution is 2.11. The molecule has 92 valence electrons. The van der Waals surface area contributed by atoms with Crippen LogP contribution in [0, 0.1) is 0 Å². The van der Waals surface area contributed by atoms with Gasteiger partial charge in [0.05, 0.1) is 5.60 Å². The lowest BCUT2D eigenvalue weighted by molar-refractivity contribution is -0.0311. The Morgan fingerprint density at radius 3 is 2.50 bits per heavy atom. The van der Waals surface area contributed by atoms with E-state index in [1.165, 1.54) is 0 Å². The second-order valence-corrected chi connectivity index (χ2v) is 4.42. The van der Waals surface area contributed by atoms with Crippen LogP contribution in [-0.4, -0.2) is 19.3 Å². The van der Waals surface area contributed by atoms with Crippen LogP contribution in [0.25, 0.3) is 0 Å². The largest absolute Gasteiger partial charge is 0.491 e. The van der Waals surface area contributed by atoms with E-state index in [1.54, 1.807) is 7.11 Å². The van der Waals surface area contributed by atoms with Crippen LogP contribution in [0.4, 0.5) is 0 Å². The second-order valence-electron chi connectivity index (χ2n) is 4.42. The zero-order chi connectivity index (χ0) is 12.6. The summed E-state index contributed by atoms with van der Waals surface area (Å²) in [5.74, 6) is 0.670. The lowest BCUT2D eigenvalue weighted by Gasteiger charge is -2.23. The molecule has 0 atom stereocenters. The predicted octanol–water partition coefficient (Wildman–Crippen LogP) is 3.85. The maximum atomic E-state index is 5.52. The fraction of sp³-hybridized carbons (Fsp3) is 0.571. The van der Waals surface area contributed by atoms with Crippen molar-refractivity contribution in [2.45, 2.75) is 39.7 Å². The zero-order valence-corrected chi connectivity index (χ0v) is 11.2. The van der Waals surface area contributed by atoms with Crippen molar-refractivity contribution in [1.29, 1.82) is 0 Å². The minimum atomic E-state index is -0.274. The van der Waals surface area contributed by atoms with E-state index in [1.807, 2.05) is 26.8 Å². The summed E-state index contributed by atoms with van der Waals surface area (Å²) in [6.45, 7) is 12.5. The Morgan fingerprint density at radius 1 is 1.38 bits per heavy atom. The number of allylic oxidation sites excluding steroid dienone is 4. The van der Waals surface area contributed by atoms with Gasteiger partial charge in [0.15, 0.2) is 0 Å². The van der Waals surface area contributed by atoms with Gasteiger partial charge >= 0.3 is 0 Å². The molecule has 0 heterocycles. The minimum Gasteiger partial charge on any atom is -0.491 e. The summed E-state index contributed by atoms with van der Waals surface area (Å²) < 4.78 is 10.8. The maximum Gasteiger partial charge on any atom is 0.117 e. The third-order valence-corrected chi connectivity index (χ3v) is 2.16. The molecule has 0 aliphatic carbocycles. The summed E-state index contributed by atoms with van der Waals surface area (Å²) in [6.07, 6.45) is 7.14. The molecule has 0 saturated heterocycles. The van der Waals surface area contributed by atoms with Crippen molar-refractivity contribution in [2.75, 3.05) is 13.7 Å². The summed E-state index contributed by atoms with van der Waals surface area (Å²) in [7, 11) is 1.68. The van der Waals surface area contributed by atoms with Crippen LogP contribution in [0.2, 0.25) is 0 Å². The second kappa shape index (κ2) is 7.29. The van der Waals surface area contributed by atoms with Crippen LogP contribution in [0.5, 0.6) is 0 Å². The Bertz CT molecular complexity index is 272. The van der Waals surface area contributed by atoms with Crippen LogP contribution >= 0.6 is 0 Å². The molecule has 0 aromatic heterocycles. The standard InChI is InChI=1S/C14H24O2/c1-7-8-9-12(2)10-13(3)16-11-14(4,5)15-6/h8-10H,3,7,11H2,1-2,4-6H3/b9-8-,12-10-. The lowest BCUT2D eigenvalue weighted by Crippen LogP contribution is -2.28. The molecule has 0 aromatic rings. The van der Waals surface area contributed by atoms with Gasteiger partial charge in [0.1, 0.15) is 12.4 Å². The topological polar surface area (TPSA) is 18.5 Å². The highest BCUT2D eigenvalue weighted by molar-refractivity contribution is 5.23. The van der Waals surface area contributed by atoms with Gasteiger partial charge in [-0.3, -0.25) is 0 Å². The first-order valence-electron chi connectivity index (χ1n) is 5.63. The monoisotopic (exact) mass is 224 g/mol. The Hall–Kier alpha value is -1.02. The van der Waals surface area contributed by atoms with Crippen molar-refractivity contribution in [3.63, 3.8) is 0 Å². The van der Waals surface area contributed by atoms with Crippen LogP contribution in [0.1, 0.15) is 34.1 Å². The van der Waals surface area contributed by atoms with Crippen LogP contribution < -0.4 is 0 Å². The molecule has 0 saturated carbocycles. The molecule has 0 unspecified atom stereocenters. The molecule has 0 rings (SSSR count). The Balaban J connectivity index is 4.13. The number of ether oxygens (including phenoxy) is 2. The number of hydrogen-bond acceptors (Lipinski definition) is 2. The first kappa shape index (κ1) is 15.0. The van der Waals surface area contributed by atoms with Gasteiger partial charge in [-0.15, -0.1) is 0 Å². The van der Waals surface area contributed by atoms with Gasteiger partial charge in [-0.05, 0) is 38.8 Å². The third kappa shape index (κ3) is 7.30. The van der Waals surface area contributed by atoms with Crippen LogP contribution in [-0.2, 0) is 9.47 Å². The number of rotatable bonds is 7. The molecule has 0 aliphatic heterocycles. The zero-order valence-electron chi connectivity index (χ0n) is 11.2. The van der Waals surface area contributed by atoms with Crippen LogP contribution in [0.15, 0.2) is 36.1 Å². The average molecular weight is 224 g/mol. The fourth-order valence-electron chi connectivity index (χ4n) is 0.973. The quantitative estimate of drug-likeness (QED) is 0.483. The van der Waals surface area contributed by atoms with E-state index >= 15 is 0 Å². The third-order valence-electron chi connectivity index (χ3n) is 2.16. The van der Waals surface area contributed by atoms with E-state index in [-0.39, 0.29) is 5.60 Å². The minimum absolute atomic E-state index is 0.274. The number of hydrogen-bond donors (Lipinski definition) is 0. The molecule has 0 bridgehead atoms. The summed E-state index contributed by atoms with van der Waals surface area (Å²) in [5, 5.41) is 0. The maximum absolute atomic E-state index is 5.52. The van der Waals surface area contributed by atoms with Gasteiger partial charge in [0.25, 0.3) is 0 Å². The highest BCUT2D eigenvalue weighted by Gasteiger charge is 2.16. The van der Waals surface area contributed by atoms with E-state index < -0.39 is 0 Å². The predicted molar refractivity (Wildman–Crippen MR) is 69.4 cm³/mol. The molecule has 0 fully saturated rings. The van der Waals surface area contributed by atoms with Gasteiger partial charge in [-0.1, -0.05) is 25.7 Å². The molecular weight excluding hydrogens is 200 g/mol. The summed E-state index contributed by atoms with van der Waals surface area (Å²) >= 11 is 0. The van der Waals surface area contributed by atoms with E-state index in [4.69, 9.17) is 9.47 Å². The SMILES string of the molecule is C=C(/C=C(C)\C=C/CC)OCC(C)(C)OC. The van der Waals surface area contributed by atoms with E-state index in [0.717, 1.165) is 12.0 Å². The highest BCUT2D eigenvalue weighted by atomic mass is 16.5. The summed E-state index contributed by atoms with van der Waals surface area (Å²) in [5.41, 5.74) is 0.867. The smallest absolute Gasteiger partial charge is 0.117 e. The molecule has 0 spiro atoms. The van der Waals surface area contributed by atoms with Gasteiger partial charge in [0.2, 0.25) is 0 Å². The van der Waals surface area contributed by atoms with Crippen molar-refractivity contribution >= 4 is 0 Å². The van der Waals surface area contributed by atoms with E-state index in [2.05, 4.69) is 25.7 Å². The molecule has 0 N–H and O–H groups in total. The first-order chi connectivity index (χ1) is 7.41. The summed E-state index contributed by atoms with van der Waals surface area (Å²) in [4.78, 5) is 0. The molecule has 16 heavy (non-hydrogen) atoms. The van der Waals surface area contributed by atoms with Crippen molar-refractivity contribution in [3.05, 3.63) is 36.1 Å². The van der Waals surface area contributed by atoms with Crippen molar-refractivity contribution in [1.82, 2.24) is 0 Å². The molecular formula is C14H24O2. The van der Waals surface area contributed by atoms with Crippen molar-refractivity contribution in [2.24, 2.45) is 0 Å². The van der Waals surface area contributed by atoms with Crippen molar-refractivity contribution in [3.8, 4) is 0 Å². The van der Waals surface area contributed by atoms with Gasteiger partial charge in [-0.2, -0.15) is 0 Å². The summed E-state index contributed by atoms with van der Waals surface area (Å²) in [6, 6.07) is 0. The normalized spacial score (nSPS) is 13.2. The molecule has 0 radical (unpaired) electrons. The molecule has 0 amide bonds. The number of methoxy groups -OCH3 is 1. The fourth-order valence-corrected chi connectivity index (χ4v) is 0.973. The first-order valence-corrected chi connectivity index (χ1v) is 5.63. The Labute approximate surface area is 99.6 Å². The van der Waals surface area contributed by atoms with E-state index in [0.29, 0.717) is 12.4 Å². The van der Waals surface area contributed by atoms with E-state index in [9.17, 15) is 0 Å². The molecule has 2 heteroatoms. The Kier molecular flexibility index (Phi) is 6.82. The average Bonchev–Trinajstić information content (AvgIpc) is 2.24. The van der Waals surface area contributed by atoms with Crippen LogP contribution in [0.3, 0.4) is 0 Å². The van der Waals surface area contributed by atoms with Crippen molar-refractivity contribution < 1.29 is 9.47 Å². The molecule has 2 nitrogen and oxygen atoms in total. The van der Waals surface area contributed by atoms with Gasteiger partial charge < -0.3 is 9.47 Å². The molecule has 0 aromatic carbocycles.